The van der Waals surface area contributed by atoms with Gasteiger partial charge in [-0.1, -0.05) is 241 Å². The van der Waals surface area contributed by atoms with Crippen molar-refractivity contribution in [3.8, 4) is 0 Å². The van der Waals surface area contributed by atoms with Crippen molar-refractivity contribution in [1.82, 2.24) is 0 Å². The molecule has 0 heterocycles. The van der Waals surface area contributed by atoms with E-state index in [4.69, 9.17) is 0 Å². The van der Waals surface area contributed by atoms with Crippen LogP contribution in [0, 0.1) is 29.1 Å². The summed E-state index contributed by atoms with van der Waals surface area (Å²) in [6.07, 6.45) is 21.9. The average molecular weight is 589 g/mol. The molecule has 0 aromatic heterocycles. The lowest BCUT2D eigenvalue weighted by atomic mass is 9.82. The first-order chi connectivity index (χ1) is 19.2. The summed E-state index contributed by atoms with van der Waals surface area (Å²) in [4.78, 5) is 0. The normalized spacial score (nSPS) is 9.95. The van der Waals surface area contributed by atoms with Gasteiger partial charge in [0.1, 0.15) is 0 Å². The number of unbranched alkanes of at least 4 members (excludes halogenated alkanes) is 5. The predicted octanol–water partition coefficient (Wildman–Crippen LogP) is 17.0. The van der Waals surface area contributed by atoms with Crippen LogP contribution >= 0.6 is 0 Å². The van der Waals surface area contributed by atoms with E-state index in [2.05, 4.69) is 125 Å². The average Bonchev–Trinajstić information content (AvgIpc) is 2.94. The maximum absolute atomic E-state index is 2.35. The highest BCUT2D eigenvalue weighted by molar-refractivity contribution is 4.67. The maximum atomic E-state index is 2.35. The lowest BCUT2D eigenvalue weighted by Gasteiger charge is -2.23. The van der Waals surface area contributed by atoms with Gasteiger partial charge in [-0.3, -0.25) is 0 Å². The molecule has 0 rings (SSSR count). The third kappa shape index (κ3) is 92.4. The molecule has 0 N–H and O–H groups in total. The highest BCUT2D eigenvalue weighted by Gasteiger charge is 2.15. The van der Waals surface area contributed by atoms with Crippen molar-refractivity contribution < 1.29 is 0 Å². The summed E-state index contributed by atoms with van der Waals surface area (Å²) in [5.74, 6) is 3.59. The Kier molecular flexibility index (Phi) is 72.8. The smallest absolute Gasteiger partial charge is 0.0334 e. The van der Waals surface area contributed by atoms with Crippen LogP contribution in [0.4, 0.5) is 0 Å². The zero-order valence-electron chi connectivity index (χ0n) is 34.1. The quantitative estimate of drug-likeness (QED) is 0.167. The molecule has 0 unspecified atom stereocenters. The highest BCUT2D eigenvalue weighted by Crippen LogP contribution is 2.28. The zero-order chi connectivity index (χ0) is 34.1. The monoisotopic (exact) mass is 589 g/mol. The van der Waals surface area contributed by atoms with Crippen molar-refractivity contribution in [3.63, 3.8) is 0 Å². The van der Waals surface area contributed by atoms with Gasteiger partial charge in [0, 0.05) is 0 Å². The van der Waals surface area contributed by atoms with Crippen LogP contribution in [0.5, 0.6) is 0 Å². The first-order valence-corrected chi connectivity index (χ1v) is 19.2. The van der Waals surface area contributed by atoms with E-state index < -0.39 is 0 Å². The molecule has 0 aliphatic carbocycles. The van der Waals surface area contributed by atoms with Crippen LogP contribution in [0.25, 0.3) is 0 Å². The van der Waals surface area contributed by atoms with Gasteiger partial charge < -0.3 is 0 Å². The minimum absolute atomic E-state index is 0.625. The Morgan fingerprint density at radius 1 is 0.390 bits per heavy atom. The second-order valence-corrected chi connectivity index (χ2v) is 13.7. The van der Waals surface area contributed by atoms with Gasteiger partial charge in [-0.2, -0.15) is 0 Å². The van der Waals surface area contributed by atoms with Crippen molar-refractivity contribution in [3.05, 3.63) is 0 Å². The maximum Gasteiger partial charge on any atom is -0.0334 e. The molecule has 0 aromatic rings. The van der Waals surface area contributed by atoms with E-state index in [1.54, 1.807) is 0 Å². The molecule has 0 atom stereocenters. The van der Waals surface area contributed by atoms with Gasteiger partial charge in [-0.25, -0.2) is 0 Å². The molecule has 0 radical (unpaired) electrons. The van der Waals surface area contributed by atoms with E-state index in [0.29, 0.717) is 5.41 Å². The topological polar surface area (TPSA) is 0 Å². The second-order valence-electron chi connectivity index (χ2n) is 13.7. The molecule has 260 valence electrons. The summed E-state index contributed by atoms with van der Waals surface area (Å²) in [7, 11) is 0. The molecule has 0 nitrogen and oxygen atoms in total. The predicted molar refractivity (Wildman–Crippen MR) is 204 cm³/mol. The summed E-state index contributed by atoms with van der Waals surface area (Å²) in [5, 5.41) is 0. The van der Waals surface area contributed by atoms with Gasteiger partial charge in [0.2, 0.25) is 0 Å². The van der Waals surface area contributed by atoms with Crippen molar-refractivity contribution in [2.24, 2.45) is 29.1 Å². The van der Waals surface area contributed by atoms with Crippen LogP contribution in [0.1, 0.15) is 241 Å². The first-order valence-electron chi connectivity index (χ1n) is 19.2. The Labute approximate surface area is 269 Å². The summed E-state index contributed by atoms with van der Waals surface area (Å²) in [5.41, 5.74) is 0.625. The molecule has 41 heavy (non-hydrogen) atoms. The Morgan fingerprint density at radius 2 is 0.683 bits per heavy atom. The molecule has 0 spiro atoms. The van der Waals surface area contributed by atoms with Crippen LogP contribution in [-0.2, 0) is 0 Å². The summed E-state index contributed by atoms with van der Waals surface area (Å²) in [6, 6.07) is 0. The van der Waals surface area contributed by atoms with Crippen LogP contribution in [0.2, 0.25) is 0 Å². The molecular formula is C41H96. The molecule has 0 bridgehead atoms. The molecule has 0 aliphatic heterocycles. The molecule has 0 saturated heterocycles. The Bertz CT molecular complexity index is 324. The molecule has 0 fully saturated rings. The van der Waals surface area contributed by atoms with E-state index in [1.807, 2.05) is 13.8 Å². The van der Waals surface area contributed by atoms with E-state index in [1.165, 1.54) is 103 Å². The minimum atomic E-state index is 0.625. The fraction of sp³-hybridized carbons (Fsp3) is 1.00. The Morgan fingerprint density at radius 3 is 0.829 bits per heavy atom. The SMILES string of the molecule is CC.CCC.CCC(C)(CC)CC.CCC(C)C.CCCC(C)C.CCCCC(C)C.CCCCCCCC(C)C. The van der Waals surface area contributed by atoms with Gasteiger partial charge in [0.25, 0.3) is 0 Å². The van der Waals surface area contributed by atoms with Gasteiger partial charge in [-0.05, 0) is 29.1 Å². The molecule has 0 saturated carbocycles. The fourth-order valence-corrected chi connectivity index (χ4v) is 3.10. The van der Waals surface area contributed by atoms with E-state index >= 15 is 0 Å². The second kappa shape index (κ2) is 52.6. The third-order valence-electron chi connectivity index (χ3n) is 7.26. The van der Waals surface area contributed by atoms with E-state index in [-0.39, 0.29) is 0 Å². The van der Waals surface area contributed by atoms with Gasteiger partial charge in [-0.15, -0.1) is 0 Å². The number of hydrogen-bond acceptors (Lipinski definition) is 0. The first kappa shape index (κ1) is 56.7. The third-order valence-corrected chi connectivity index (χ3v) is 7.26. The minimum Gasteiger partial charge on any atom is -0.0683 e. The molecular weight excluding hydrogens is 492 g/mol. The van der Waals surface area contributed by atoms with Gasteiger partial charge in [0.05, 0.1) is 0 Å². The van der Waals surface area contributed by atoms with E-state index in [0.717, 1.165) is 23.7 Å². The lowest BCUT2D eigenvalue weighted by Crippen LogP contribution is -2.10. The molecule has 0 amide bonds. The number of hydrogen-bond donors (Lipinski definition) is 0. The van der Waals surface area contributed by atoms with Crippen molar-refractivity contribution in [1.29, 1.82) is 0 Å². The molecule has 0 aromatic carbocycles. The van der Waals surface area contributed by atoms with Crippen molar-refractivity contribution in [2.75, 3.05) is 0 Å². The summed E-state index contributed by atoms with van der Waals surface area (Å²) in [6.45, 7) is 44.5. The van der Waals surface area contributed by atoms with Gasteiger partial charge in [0.15, 0.2) is 0 Å². The zero-order valence-corrected chi connectivity index (χ0v) is 34.1. The van der Waals surface area contributed by atoms with Crippen LogP contribution < -0.4 is 0 Å². The summed E-state index contributed by atoms with van der Waals surface area (Å²) < 4.78 is 0. The van der Waals surface area contributed by atoms with Crippen LogP contribution in [0.3, 0.4) is 0 Å². The Hall–Kier alpha value is 0. The fourth-order valence-electron chi connectivity index (χ4n) is 3.10. The van der Waals surface area contributed by atoms with Crippen molar-refractivity contribution in [2.45, 2.75) is 241 Å². The van der Waals surface area contributed by atoms with Crippen molar-refractivity contribution >= 4 is 0 Å². The molecule has 0 aliphatic rings. The highest BCUT2D eigenvalue weighted by atomic mass is 14.2. The standard InChI is InChI=1S/C10H22.C8H18.C7H16.C6H14.C5H12.C3H8.C2H6/c1-4-5-6-7-8-9-10(2)3;1-5-8(4,6-2)7-3;1-4-5-6-7(2)3;1-4-5-6(2)3;1-4-5(2)3;1-3-2;1-2/h10H,4-9H2,1-3H3;5-7H2,1-4H3;7H,4-6H2,1-3H3;6H,4-5H2,1-3H3;5H,4H2,1-3H3;3H2,1-2H3;1-2H3. The van der Waals surface area contributed by atoms with Crippen LogP contribution in [-0.4, -0.2) is 0 Å². The van der Waals surface area contributed by atoms with E-state index in [9.17, 15) is 0 Å². The molecule has 0 heteroatoms. The summed E-state index contributed by atoms with van der Waals surface area (Å²) >= 11 is 0. The van der Waals surface area contributed by atoms with Crippen LogP contribution in [0.15, 0.2) is 0 Å². The lowest BCUT2D eigenvalue weighted by molar-refractivity contribution is 0.286. The number of rotatable bonds is 15. The Balaban J connectivity index is -0.0000000688. The largest absolute Gasteiger partial charge is 0.0683 e. The van der Waals surface area contributed by atoms with Gasteiger partial charge >= 0.3 is 0 Å².